The van der Waals surface area contributed by atoms with Gasteiger partial charge in [0.15, 0.2) is 0 Å². The molecular formula is C14H23NO. The van der Waals surface area contributed by atoms with Crippen LogP contribution in [0.3, 0.4) is 0 Å². The van der Waals surface area contributed by atoms with E-state index < -0.39 is 0 Å². The highest BCUT2D eigenvalue weighted by Crippen LogP contribution is 2.12. The Kier molecular flexibility index (Phi) is 5.94. The van der Waals surface area contributed by atoms with E-state index in [0.29, 0.717) is 6.04 Å². The number of hydrogen-bond acceptors (Lipinski definition) is 2. The predicted octanol–water partition coefficient (Wildman–Crippen LogP) is 3.02. The van der Waals surface area contributed by atoms with Crippen LogP contribution in [0.25, 0.3) is 0 Å². The molecule has 0 spiro atoms. The van der Waals surface area contributed by atoms with Gasteiger partial charge in [-0.25, -0.2) is 0 Å². The first-order valence-corrected chi connectivity index (χ1v) is 6.21. The molecule has 0 amide bonds. The molecule has 0 fully saturated rings. The lowest BCUT2D eigenvalue weighted by molar-refractivity contribution is 0.291. The Labute approximate surface area is 99.0 Å². The van der Waals surface area contributed by atoms with E-state index in [4.69, 9.17) is 4.74 Å². The second kappa shape index (κ2) is 7.29. The second-order valence-electron chi connectivity index (χ2n) is 4.09. The van der Waals surface area contributed by atoms with Crippen molar-refractivity contribution in [3.8, 4) is 5.75 Å². The number of rotatable bonds is 7. The zero-order valence-corrected chi connectivity index (χ0v) is 10.6. The van der Waals surface area contributed by atoms with E-state index in [1.165, 1.54) is 5.56 Å². The molecule has 0 aliphatic heterocycles. The van der Waals surface area contributed by atoms with E-state index in [-0.39, 0.29) is 0 Å². The Morgan fingerprint density at radius 1 is 1.19 bits per heavy atom. The van der Waals surface area contributed by atoms with Crippen LogP contribution in [0.5, 0.6) is 5.75 Å². The fourth-order valence-electron chi connectivity index (χ4n) is 1.63. The molecule has 0 bridgehead atoms. The summed E-state index contributed by atoms with van der Waals surface area (Å²) in [5.74, 6) is 0.973. The molecule has 0 saturated carbocycles. The molecule has 1 aromatic rings. The number of aryl methyl sites for hydroxylation is 1. The van der Waals surface area contributed by atoms with Gasteiger partial charge in [0.05, 0.1) is 6.61 Å². The summed E-state index contributed by atoms with van der Waals surface area (Å²) in [4.78, 5) is 0. The SMILES string of the molecule is CCNC(C)CCOc1ccc(CC)cc1. The predicted molar refractivity (Wildman–Crippen MR) is 69.1 cm³/mol. The van der Waals surface area contributed by atoms with Crippen LogP contribution in [0.15, 0.2) is 24.3 Å². The summed E-state index contributed by atoms with van der Waals surface area (Å²) in [6.45, 7) is 8.27. The van der Waals surface area contributed by atoms with Gasteiger partial charge >= 0.3 is 0 Å². The highest BCUT2D eigenvalue weighted by molar-refractivity contribution is 5.27. The van der Waals surface area contributed by atoms with Gasteiger partial charge in [-0.2, -0.15) is 0 Å². The van der Waals surface area contributed by atoms with Crippen LogP contribution in [-0.4, -0.2) is 19.2 Å². The summed E-state index contributed by atoms with van der Waals surface area (Å²) in [5, 5.41) is 3.37. The number of hydrogen-bond donors (Lipinski definition) is 1. The number of benzene rings is 1. The van der Waals surface area contributed by atoms with Crippen molar-refractivity contribution in [3.05, 3.63) is 29.8 Å². The van der Waals surface area contributed by atoms with Crippen molar-refractivity contribution in [3.63, 3.8) is 0 Å². The minimum Gasteiger partial charge on any atom is -0.494 e. The van der Waals surface area contributed by atoms with Crippen LogP contribution in [0.4, 0.5) is 0 Å². The molecule has 1 N–H and O–H groups in total. The van der Waals surface area contributed by atoms with Gasteiger partial charge in [-0.15, -0.1) is 0 Å². The van der Waals surface area contributed by atoms with Crippen molar-refractivity contribution in [1.82, 2.24) is 5.32 Å². The maximum Gasteiger partial charge on any atom is 0.119 e. The average Bonchev–Trinajstić information content (AvgIpc) is 2.30. The van der Waals surface area contributed by atoms with Crippen LogP contribution < -0.4 is 10.1 Å². The first kappa shape index (κ1) is 13.0. The lowest BCUT2D eigenvalue weighted by atomic mass is 10.2. The first-order valence-electron chi connectivity index (χ1n) is 6.21. The van der Waals surface area contributed by atoms with Crippen LogP contribution in [-0.2, 0) is 6.42 Å². The van der Waals surface area contributed by atoms with E-state index in [9.17, 15) is 0 Å². The summed E-state index contributed by atoms with van der Waals surface area (Å²) < 4.78 is 5.68. The quantitative estimate of drug-likeness (QED) is 0.764. The van der Waals surface area contributed by atoms with Crippen LogP contribution >= 0.6 is 0 Å². The zero-order chi connectivity index (χ0) is 11.8. The van der Waals surface area contributed by atoms with Crippen molar-refractivity contribution in [2.24, 2.45) is 0 Å². The van der Waals surface area contributed by atoms with Crippen LogP contribution in [0.1, 0.15) is 32.8 Å². The minimum atomic E-state index is 0.528. The normalized spacial score (nSPS) is 12.4. The molecule has 2 heteroatoms. The summed E-state index contributed by atoms with van der Waals surface area (Å²) in [5.41, 5.74) is 1.35. The molecular weight excluding hydrogens is 198 g/mol. The molecule has 1 aromatic carbocycles. The fraction of sp³-hybridized carbons (Fsp3) is 0.571. The van der Waals surface area contributed by atoms with Gasteiger partial charge in [0.2, 0.25) is 0 Å². The lowest BCUT2D eigenvalue weighted by Gasteiger charge is -2.12. The average molecular weight is 221 g/mol. The summed E-state index contributed by atoms with van der Waals surface area (Å²) >= 11 is 0. The van der Waals surface area contributed by atoms with Gasteiger partial charge in [0, 0.05) is 6.04 Å². The molecule has 90 valence electrons. The molecule has 0 aromatic heterocycles. The van der Waals surface area contributed by atoms with Crippen LogP contribution in [0.2, 0.25) is 0 Å². The molecule has 1 atom stereocenters. The largest absolute Gasteiger partial charge is 0.494 e. The maximum absolute atomic E-state index is 5.68. The Bertz CT molecular complexity index is 281. The van der Waals surface area contributed by atoms with E-state index in [1.807, 2.05) is 0 Å². The third-order valence-corrected chi connectivity index (χ3v) is 2.70. The Morgan fingerprint density at radius 3 is 2.44 bits per heavy atom. The van der Waals surface area contributed by atoms with Crippen molar-refractivity contribution in [2.75, 3.05) is 13.2 Å². The summed E-state index contributed by atoms with van der Waals surface area (Å²) in [6, 6.07) is 8.89. The number of nitrogens with one attached hydrogen (secondary N) is 1. The van der Waals surface area contributed by atoms with E-state index in [0.717, 1.165) is 31.7 Å². The third kappa shape index (κ3) is 4.67. The molecule has 1 unspecified atom stereocenters. The number of ether oxygens (including phenoxy) is 1. The van der Waals surface area contributed by atoms with Gasteiger partial charge in [-0.3, -0.25) is 0 Å². The van der Waals surface area contributed by atoms with Crippen molar-refractivity contribution >= 4 is 0 Å². The molecule has 16 heavy (non-hydrogen) atoms. The molecule has 2 nitrogen and oxygen atoms in total. The van der Waals surface area contributed by atoms with Gasteiger partial charge in [-0.05, 0) is 44.0 Å². The van der Waals surface area contributed by atoms with Crippen molar-refractivity contribution < 1.29 is 4.74 Å². The Balaban J connectivity index is 2.26. The van der Waals surface area contributed by atoms with Crippen molar-refractivity contribution in [2.45, 2.75) is 39.7 Å². The third-order valence-electron chi connectivity index (χ3n) is 2.70. The highest BCUT2D eigenvalue weighted by atomic mass is 16.5. The van der Waals surface area contributed by atoms with Gasteiger partial charge in [0.25, 0.3) is 0 Å². The monoisotopic (exact) mass is 221 g/mol. The van der Waals surface area contributed by atoms with Crippen LogP contribution in [0, 0.1) is 0 Å². The van der Waals surface area contributed by atoms with E-state index >= 15 is 0 Å². The first-order chi connectivity index (χ1) is 7.76. The van der Waals surface area contributed by atoms with Gasteiger partial charge < -0.3 is 10.1 Å². The highest BCUT2D eigenvalue weighted by Gasteiger charge is 2.00. The molecule has 0 aliphatic carbocycles. The summed E-state index contributed by atoms with van der Waals surface area (Å²) in [7, 11) is 0. The topological polar surface area (TPSA) is 21.3 Å². The molecule has 0 radical (unpaired) electrons. The maximum atomic E-state index is 5.68. The smallest absolute Gasteiger partial charge is 0.119 e. The van der Waals surface area contributed by atoms with Gasteiger partial charge in [-0.1, -0.05) is 26.0 Å². The zero-order valence-electron chi connectivity index (χ0n) is 10.6. The fourth-order valence-corrected chi connectivity index (χ4v) is 1.63. The van der Waals surface area contributed by atoms with Gasteiger partial charge in [0.1, 0.15) is 5.75 Å². The standard InChI is InChI=1S/C14H23NO/c1-4-13-6-8-14(9-7-13)16-11-10-12(3)15-5-2/h6-9,12,15H,4-5,10-11H2,1-3H3. The van der Waals surface area contributed by atoms with Crippen molar-refractivity contribution in [1.29, 1.82) is 0 Å². The second-order valence-corrected chi connectivity index (χ2v) is 4.09. The molecule has 0 saturated heterocycles. The molecule has 0 heterocycles. The molecule has 1 rings (SSSR count). The molecule has 0 aliphatic rings. The lowest BCUT2D eigenvalue weighted by Crippen LogP contribution is -2.27. The van der Waals surface area contributed by atoms with E-state index in [1.54, 1.807) is 0 Å². The van der Waals surface area contributed by atoms with E-state index in [2.05, 4.69) is 50.4 Å². The Morgan fingerprint density at radius 2 is 1.88 bits per heavy atom. The Hall–Kier alpha value is -1.02. The minimum absolute atomic E-state index is 0.528. The summed E-state index contributed by atoms with van der Waals surface area (Å²) in [6.07, 6.45) is 2.13.